The van der Waals surface area contributed by atoms with Crippen molar-refractivity contribution in [2.75, 3.05) is 0 Å². The summed E-state index contributed by atoms with van der Waals surface area (Å²) in [5.41, 5.74) is -1.57. The lowest BCUT2D eigenvalue weighted by Gasteiger charge is -2.06. The average molecular weight is 399 g/mol. The molecule has 132 valence electrons. The van der Waals surface area contributed by atoms with Crippen molar-refractivity contribution in [2.24, 2.45) is 0 Å². The van der Waals surface area contributed by atoms with E-state index in [1.54, 1.807) is 17.5 Å². The fourth-order valence-electron chi connectivity index (χ4n) is 2.73. The third-order valence-corrected chi connectivity index (χ3v) is 5.76. The molecule has 4 rings (SSSR count). The number of rotatable bonds is 3. The Kier molecular flexibility index (Phi) is 3.69. The molecule has 0 saturated carbocycles. The molecule has 0 aliphatic rings. The average Bonchev–Trinajstić information content (AvgIpc) is 3.26. The van der Waals surface area contributed by atoms with E-state index in [1.807, 2.05) is 6.07 Å². The minimum absolute atomic E-state index is 0.112. The first-order valence-electron chi connectivity index (χ1n) is 7.18. The van der Waals surface area contributed by atoms with Crippen molar-refractivity contribution in [3.63, 3.8) is 0 Å². The molecule has 4 aromatic rings. The predicted octanol–water partition coefficient (Wildman–Crippen LogP) is 3.33. The summed E-state index contributed by atoms with van der Waals surface area (Å²) in [4.78, 5) is 38.0. The Morgan fingerprint density at radius 1 is 1.22 bits per heavy atom. The van der Waals surface area contributed by atoms with Crippen molar-refractivity contribution in [3.05, 3.63) is 65.8 Å². The van der Waals surface area contributed by atoms with Gasteiger partial charge in [-0.3, -0.25) is 29.4 Å². The molecule has 10 nitrogen and oxygen atoms in total. The second-order valence-electron chi connectivity index (χ2n) is 5.28. The highest BCUT2D eigenvalue weighted by Gasteiger charge is 2.26. The van der Waals surface area contributed by atoms with Crippen LogP contribution in [0.25, 0.3) is 25.7 Å². The maximum atomic E-state index is 12.3. The van der Waals surface area contributed by atoms with Gasteiger partial charge in [0.25, 0.3) is 16.9 Å². The minimum Gasteiger partial charge on any atom is -0.281 e. The largest absolute Gasteiger partial charge is 0.295 e. The van der Waals surface area contributed by atoms with E-state index in [0.717, 1.165) is 17.4 Å². The molecule has 27 heavy (non-hydrogen) atoms. The normalized spacial score (nSPS) is 10.9. The van der Waals surface area contributed by atoms with E-state index in [-0.39, 0.29) is 26.4 Å². The van der Waals surface area contributed by atoms with Crippen LogP contribution < -0.4 is 5.56 Å². The molecule has 0 amide bonds. The van der Waals surface area contributed by atoms with Gasteiger partial charge in [-0.15, -0.1) is 11.3 Å². The van der Waals surface area contributed by atoms with Crippen LogP contribution in [0.2, 0.25) is 0 Å². The highest BCUT2D eigenvalue weighted by atomic mass is 32.1. The Bertz CT molecular complexity index is 1360. The number of thiophene rings is 1. The molecule has 0 aliphatic heterocycles. The number of hydrogen-bond acceptors (Lipinski definition) is 9. The van der Waals surface area contributed by atoms with Crippen molar-refractivity contribution in [1.82, 2.24) is 9.38 Å². The Labute approximate surface area is 156 Å². The van der Waals surface area contributed by atoms with Crippen LogP contribution in [0, 0.1) is 31.6 Å². The molecule has 0 bridgehead atoms. The maximum Gasteiger partial charge on any atom is 0.295 e. The highest BCUT2D eigenvalue weighted by Crippen LogP contribution is 2.39. The summed E-state index contributed by atoms with van der Waals surface area (Å²) < 4.78 is 1.52. The monoisotopic (exact) mass is 399 g/mol. The topological polar surface area (TPSA) is 144 Å². The van der Waals surface area contributed by atoms with Crippen molar-refractivity contribution >= 4 is 49.2 Å². The van der Waals surface area contributed by atoms with Gasteiger partial charge >= 0.3 is 0 Å². The van der Waals surface area contributed by atoms with Crippen molar-refractivity contribution in [1.29, 1.82) is 5.26 Å². The summed E-state index contributed by atoms with van der Waals surface area (Å²) in [6.45, 7) is 0. The molecule has 0 fully saturated rings. The summed E-state index contributed by atoms with van der Waals surface area (Å²) >= 11 is 2.12. The van der Waals surface area contributed by atoms with Crippen LogP contribution >= 0.6 is 22.7 Å². The minimum atomic E-state index is -0.760. The van der Waals surface area contributed by atoms with E-state index in [9.17, 15) is 30.3 Å². The fraction of sp³-hybridized carbons (Fsp3) is 0. The fourth-order valence-corrected chi connectivity index (χ4v) is 4.58. The van der Waals surface area contributed by atoms with Gasteiger partial charge in [0.1, 0.15) is 16.3 Å². The lowest BCUT2D eigenvalue weighted by atomic mass is 10.2. The van der Waals surface area contributed by atoms with E-state index in [2.05, 4.69) is 4.98 Å². The van der Waals surface area contributed by atoms with Gasteiger partial charge in [-0.05, 0) is 11.4 Å². The molecule has 0 unspecified atom stereocenters. The number of fused-ring (bicyclic) bond motifs is 3. The van der Waals surface area contributed by atoms with Crippen LogP contribution in [-0.2, 0) is 0 Å². The Morgan fingerprint density at radius 3 is 2.59 bits per heavy atom. The summed E-state index contributed by atoms with van der Waals surface area (Å²) in [7, 11) is 0. The van der Waals surface area contributed by atoms with Gasteiger partial charge in [-0.1, -0.05) is 17.4 Å². The molecule has 0 spiro atoms. The van der Waals surface area contributed by atoms with Crippen molar-refractivity contribution in [3.8, 4) is 16.6 Å². The number of nitro groups is 2. The van der Waals surface area contributed by atoms with E-state index in [1.165, 1.54) is 21.8 Å². The molecule has 0 aliphatic carbocycles. The zero-order valence-electron chi connectivity index (χ0n) is 13.0. The quantitative estimate of drug-likeness (QED) is 0.379. The first-order chi connectivity index (χ1) is 12.9. The zero-order valence-corrected chi connectivity index (χ0v) is 14.6. The lowest BCUT2D eigenvalue weighted by molar-refractivity contribution is -0.392. The number of non-ortho nitro benzene ring substituents is 2. The predicted molar refractivity (Wildman–Crippen MR) is 98.2 cm³/mol. The summed E-state index contributed by atoms with van der Waals surface area (Å²) in [5.74, 6) is 0. The van der Waals surface area contributed by atoms with Gasteiger partial charge in [0.05, 0.1) is 32.0 Å². The smallest absolute Gasteiger partial charge is 0.281 e. The second-order valence-corrected chi connectivity index (χ2v) is 7.20. The zero-order chi connectivity index (χ0) is 19.3. The van der Waals surface area contributed by atoms with Crippen LogP contribution in [-0.4, -0.2) is 19.2 Å². The first-order valence-corrected chi connectivity index (χ1v) is 8.88. The summed E-state index contributed by atoms with van der Waals surface area (Å²) in [6.07, 6.45) is 0. The molecule has 1 aromatic carbocycles. The number of nitrogens with zero attached hydrogens (tertiary/aromatic N) is 5. The van der Waals surface area contributed by atoms with Gasteiger partial charge in [0, 0.05) is 6.07 Å². The third kappa shape index (κ3) is 2.45. The molecule has 0 atom stereocenters. The SMILES string of the molecule is N#Cc1c(-c2cccs2)n2c(nc1=O)sc1c([N+](=O)[O-])cc([N+](=O)[O-])cc12. The maximum absolute atomic E-state index is 12.3. The number of nitro benzene ring substituents is 2. The van der Waals surface area contributed by atoms with Gasteiger partial charge < -0.3 is 0 Å². The van der Waals surface area contributed by atoms with Gasteiger partial charge in [0.15, 0.2) is 4.96 Å². The van der Waals surface area contributed by atoms with Crippen LogP contribution in [0.5, 0.6) is 0 Å². The van der Waals surface area contributed by atoms with Gasteiger partial charge in [-0.25, -0.2) is 0 Å². The number of benzene rings is 1. The van der Waals surface area contributed by atoms with Crippen molar-refractivity contribution < 1.29 is 9.85 Å². The van der Waals surface area contributed by atoms with Crippen LogP contribution in [0.1, 0.15) is 5.56 Å². The number of hydrogen-bond donors (Lipinski definition) is 0. The number of nitriles is 1. The summed E-state index contributed by atoms with van der Waals surface area (Å²) in [5, 5.41) is 33.8. The van der Waals surface area contributed by atoms with Gasteiger partial charge in [-0.2, -0.15) is 10.2 Å². The molecule has 12 heteroatoms. The van der Waals surface area contributed by atoms with E-state index in [4.69, 9.17) is 0 Å². The van der Waals surface area contributed by atoms with E-state index >= 15 is 0 Å². The number of thiazole rings is 1. The number of aromatic nitrogens is 2. The molecule has 3 heterocycles. The molecular weight excluding hydrogens is 394 g/mol. The second kappa shape index (κ2) is 5.94. The van der Waals surface area contributed by atoms with E-state index in [0.29, 0.717) is 4.88 Å². The molecule has 0 radical (unpaired) electrons. The lowest BCUT2D eigenvalue weighted by Crippen LogP contribution is -2.14. The first kappa shape index (κ1) is 16.8. The van der Waals surface area contributed by atoms with Crippen LogP contribution in [0.3, 0.4) is 0 Å². The van der Waals surface area contributed by atoms with Crippen molar-refractivity contribution in [2.45, 2.75) is 0 Å². The highest BCUT2D eigenvalue weighted by molar-refractivity contribution is 7.24. The standard InChI is InChI=1S/C15H5N5O5S2/c16-6-8-12(11-2-1-3-26-11)18-9-4-7(19(22)23)5-10(20(24)25)13(9)27-15(18)17-14(8)21/h1-5H. The summed E-state index contributed by atoms with van der Waals surface area (Å²) in [6, 6.07) is 7.27. The van der Waals surface area contributed by atoms with E-state index < -0.39 is 26.8 Å². The molecule has 0 N–H and O–H groups in total. The Balaban J connectivity index is 2.31. The Hall–Kier alpha value is -3.69. The van der Waals surface area contributed by atoms with Gasteiger partial charge in [0.2, 0.25) is 0 Å². The molecule has 0 saturated heterocycles. The Morgan fingerprint density at radius 2 is 2.00 bits per heavy atom. The molecular formula is C15H5N5O5S2. The van der Waals surface area contributed by atoms with Crippen LogP contribution in [0.4, 0.5) is 11.4 Å². The van der Waals surface area contributed by atoms with Crippen LogP contribution in [0.15, 0.2) is 34.4 Å². The molecule has 3 aromatic heterocycles. The third-order valence-electron chi connectivity index (χ3n) is 3.81.